The normalized spacial score (nSPS) is 17.6. The van der Waals surface area contributed by atoms with Gasteiger partial charge in [-0.2, -0.15) is 0 Å². The molecule has 1 amide bonds. The maximum Gasteiger partial charge on any atom is 0.331 e. The van der Waals surface area contributed by atoms with E-state index in [9.17, 15) is 9.59 Å². The van der Waals surface area contributed by atoms with Gasteiger partial charge in [0.05, 0.1) is 0 Å². The van der Waals surface area contributed by atoms with Crippen LogP contribution in [-0.4, -0.2) is 24.0 Å². The monoisotopic (exact) mass is 403 g/mol. The lowest BCUT2D eigenvalue weighted by atomic mass is 10.1. The van der Waals surface area contributed by atoms with E-state index in [4.69, 9.17) is 9.15 Å². The van der Waals surface area contributed by atoms with Crippen molar-refractivity contribution in [1.29, 1.82) is 0 Å². The molecule has 0 fully saturated rings. The summed E-state index contributed by atoms with van der Waals surface area (Å²) >= 11 is 3.19. The van der Waals surface area contributed by atoms with Gasteiger partial charge in [0.15, 0.2) is 10.8 Å². The molecule has 3 rings (SSSR count). The summed E-state index contributed by atoms with van der Waals surface area (Å²) in [5, 5.41) is 0. The number of carbonyl (C=O) groups excluding carboxylic acids is 2. The first-order valence-electron chi connectivity index (χ1n) is 8.00. The zero-order valence-corrected chi connectivity index (χ0v) is 15.5. The summed E-state index contributed by atoms with van der Waals surface area (Å²) in [6, 6.07) is 11.3. The first-order chi connectivity index (χ1) is 12.0. The van der Waals surface area contributed by atoms with Crippen molar-refractivity contribution in [1.82, 2.24) is 0 Å². The maximum absolute atomic E-state index is 12.7. The van der Waals surface area contributed by atoms with Gasteiger partial charge >= 0.3 is 5.97 Å². The molecule has 2 heterocycles. The maximum atomic E-state index is 12.7. The lowest BCUT2D eigenvalue weighted by molar-refractivity contribution is -0.149. The average Bonchev–Trinajstić information content (AvgIpc) is 3.14. The number of fused-ring (bicyclic) bond motifs is 1. The van der Waals surface area contributed by atoms with E-state index in [1.807, 2.05) is 31.2 Å². The molecule has 0 saturated carbocycles. The molecule has 25 heavy (non-hydrogen) atoms. The molecule has 0 unspecified atom stereocenters. The van der Waals surface area contributed by atoms with Crippen molar-refractivity contribution >= 4 is 39.6 Å². The van der Waals surface area contributed by atoms with Crippen molar-refractivity contribution in [2.45, 2.75) is 32.4 Å². The smallest absolute Gasteiger partial charge is 0.331 e. The van der Waals surface area contributed by atoms with Gasteiger partial charge in [0.25, 0.3) is 5.91 Å². The summed E-state index contributed by atoms with van der Waals surface area (Å²) in [5.74, 6) is -0.293. The summed E-state index contributed by atoms with van der Waals surface area (Å²) < 4.78 is 11.1. The molecule has 0 radical (unpaired) electrons. The van der Waals surface area contributed by atoms with Gasteiger partial charge in [-0.1, -0.05) is 18.2 Å². The number of hydrogen-bond acceptors (Lipinski definition) is 4. The van der Waals surface area contributed by atoms with Crippen LogP contribution in [0.1, 0.15) is 25.2 Å². The highest BCUT2D eigenvalue weighted by Gasteiger charge is 2.34. The van der Waals surface area contributed by atoms with Gasteiger partial charge in [-0.25, -0.2) is 4.79 Å². The first-order valence-corrected chi connectivity index (χ1v) is 8.80. The second-order valence-electron chi connectivity index (χ2n) is 5.94. The van der Waals surface area contributed by atoms with Crippen LogP contribution >= 0.6 is 15.9 Å². The lowest BCUT2D eigenvalue weighted by Crippen LogP contribution is -2.43. The van der Waals surface area contributed by atoms with E-state index in [0.717, 1.165) is 17.7 Å². The fourth-order valence-corrected chi connectivity index (χ4v) is 3.25. The first kappa shape index (κ1) is 17.5. The third-order valence-electron chi connectivity index (χ3n) is 4.06. The Hall–Kier alpha value is -2.34. The summed E-state index contributed by atoms with van der Waals surface area (Å²) in [6.45, 7) is 3.58. The Labute approximate surface area is 154 Å². The number of nitrogens with zero attached hydrogens (tertiary/aromatic N) is 1. The van der Waals surface area contributed by atoms with Crippen molar-refractivity contribution in [3.63, 3.8) is 0 Å². The molecule has 2 aromatic rings. The topological polar surface area (TPSA) is 59.8 Å². The number of carbonyl (C=O) groups is 2. The molecule has 6 heteroatoms. The molecule has 1 aliphatic heterocycles. The number of esters is 1. The molecule has 1 aromatic carbocycles. The Bertz CT molecular complexity index is 826. The fourth-order valence-electron chi connectivity index (χ4n) is 2.93. The van der Waals surface area contributed by atoms with Crippen LogP contribution in [0.3, 0.4) is 0 Å². The number of ether oxygens (including phenoxy) is 1. The highest BCUT2D eigenvalue weighted by Crippen LogP contribution is 2.32. The van der Waals surface area contributed by atoms with Crippen LogP contribution < -0.4 is 4.90 Å². The van der Waals surface area contributed by atoms with E-state index in [2.05, 4.69) is 15.9 Å². The van der Waals surface area contributed by atoms with Crippen molar-refractivity contribution in [3.8, 4) is 0 Å². The third-order valence-corrected chi connectivity index (χ3v) is 4.49. The molecule has 0 aliphatic carbocycles. The van der Waals surface area contributed by atoms with E-state index in [-0.39, 0.29) is 11.9 Å². The van der Waals surface area contributed by atoms with Gasteiger partial charge in [0.2, 0.25) is 0 Å². The number of furan rings is 1. The van der Waals surface area contributed by atoms with Crippen LogP contribution in [0.4, 0.5) is 5.69 Å². The third kappa shape index (κ3) is 3.85. The van der Waals surface area contributed by atoms with Crippen molar-refractivity contribution in [2.24, 2.45) is 0 Å². The lowest BCUT2D eigenvalue weighted by Gasteiger charge is -2.25. The van der Waals surface area contributed by atoms with Crippen LogP contribution in [0, 0.1) is 0 Å². The zero-order chi connectivity index (χ0) is 18.0. The van der Waals surface area contributed by atoms with Gasteiger partial charge in [-0.3, -0.25) is 4.79 Å². The second kappa shape index (κ2) is 7.27. The van der Waals surface area contributed by atoms with Gasteiger partial charge in [0.1, 0.15) is 5.76 Å². The molecule has 5 nitrogen and oxygen atoms in total. The van der Waals surface area contributed by atoms with E-state index >= 15 is 0 Å². The molecular formula is C19H18BrNO4. The molecule has 0 N–H and O–H groups in total. The Balaban J connectivity index is 1.65. The largest absolute Gasteiger partial charge is 0.450 e. The Morgan fingerprint density at radius 1 is 1.32 bits per heavy atom. The number of benzene rings is 1. The highest BCUT2D eigenvalue weighted by molar-refractivity contribution is 9.10. The van der Waals surface area contributed by atoms with Gasteiger partial charge in [-0.15, -0.1) is 0 Å². The predicted molar refractivity (Wildman–Crippen MR) is 98.1 cm³/mol. The SMILES string of the molecule is C[C@H](OC(=O)/C=C/c1ccc(Br)o1)C(=O)N1c2ccccc2C[C@H]1C. The summed E-state index contributed by atoms with van der Waals surface area (Å²) in [7, 11) is 0. The summed E-state index contributed by atoms with van der Waals surface area (Å²) in [6.07, 6.45) is 2.68. The quantitative estimate of drug-likeness (QED) is 0.572. The molecular weight excluding hydrogens is 386 g/mol. The molecule has 0 saturated heterocycles. The van der Waals surface area contributed by atoms with E-state index < -0.39 is 12.1 Å². The molecule has 1 aliphatic rings. The number of rotatable bonds is 4. The Kier molecular flexibility index (Phi) is 5.08. The standard InChI is InChI=1S/C19H18BrNO4/c1-12-11-14-5-3-4-6-16(14)21(12)19(23)13(2)24-18(22)10-8-15-7-9-17(20)25-15/h3-10,12-13H,11H2,1-2H3/b10-8+/t12-,13+/m1/s1. The fraction of sp³-hybridized carbons (Fsp3) is 0.263. The van der Waals surface area contributed by atoms with Crippen LogP contribution in [0.5, 0.6) is 0 Å². The molecule has 0 spiro atoms. The number of hydrogen-bond donors (Lipinski definition) is 0. The minimum atomic E-state index is -0.867. The zero-order valence-electron chi connectivity index (χ0n) is 13.9. The van der Waals surface area contributed by atoms with Crippen LogP contribution in [-0.2, 0) is 20.7 Å². The predicted octanol–water partition coefficient (Wildman–Crippen LogP) is 3.96. The number of para-hydroxylation sites is 1. The minimum absolute atomic E-state index is 0.0436. The van der Waals surface area contributed by atoms with Gasteiger partial charge < -0.3 is 14.1 Å². The van der Waals surface area contributed by atoms with Gasteiger partial charge in [-0.05, 0) is 66.0 Å². The minimum Gasteiger partial charge on any atom is -0.450 e. The highest BCUT2D eigenvalue weighted by atomic mass is 79.9. The van der Waals surface area contributed by atoms with Crippen molar-refractivity contribution < 1.29 is 18.7 Å². The van der Waals surface area contributed by atoms with Crippen LogP contribution in [0.2, 0.25) is 0 Å². The Morgan fingerprint density at radius 2 is 2.08 bits per heavy atom. The number of anilines is 1. The van der Waals surface area contributed by atoms with Gasteiger partial charge in [0, 0.05) is 17.8 Å². The Morgan fingerprint density at radius 3 is 2.80 bits per heavy atom. The van der Waals surface area contributed by atoms with Crippen molar-refractivity contribution in [2.75, 3.05) is 4.90 Å². The molecule has 1 aromatic heterocycles. The molecule has 0 bridgehead atoms. The molecule has 130 valence electrons. The van der Waals surface area contributed by atoms with E-state index in [0.29, 0.717) is 10.4 Å². The van der Waals surface area contributed by atoms with E-state index in [1.165, 1.54) is 12.2 Å². The van der Waals surface area contributed by atoms with Crippen molar-refractivity contribution in [3.05, 3.63) is 58.5 Å². The van der Waals surface area contributed by atoms with Crippen LogP contribution in [0.15, 0.2) is 51.6 Å². The summed E-state index contributed by atoms with van der Waals surface area (Å²) in [4.78, 5) is 26.4. The number of amides is 1. The average molecular weight is 404 g/mol. The van der Waals surface area contributed by atoms with E-state index in [1.54, 1.807) is 24.0 Å². The van der Waals surface area contributed by atoms with Crippen LogP contribution in [0.25, 0.3) is 6.08 Å². The second-order valence-corrected chi connectivity index (χ2v) is 6.73. The molecule has 2 atom stereocenters. The number of halogens is 1. The summed E-state index contributed by atoms with van der Waals surface area (Å²) in [5.41, 5.74) is 2.02.